The molecule has 5 nitrogen and oxygen atoms in total. The zero-order valence-electron chi connectivity index (χ0n) is 14.4. The van der Waals surface area contributed by atoms with Crippen LogP contribution in [0.1, 0.15) is 27.0 Å². The van der Waals surface area contributed by atoms with Gasteiger partial charge in [0.2, 0.25) is 0 Å². The van der Waals surface area contributed by atoms with Crippen molar-refractivity contribution in [3.05, 3.63) is 64.5 Å². The topological polar surface area (TPSA) is 64.6 Å². The number of carbonyl (C=O) groups is 1. The van der Waals surface area contributed by atoms with Crippen LogP contribution in [0.25, 0.3) is 0 Å². The number of hydrogen-bond acceptors (Lipinski definition) is 4. The Hall–Kier alpha value is -2.25. The normalized spacial score (nSPS) is 14.2. The highest BCUT2D eigenvalue weighted by molar-refractivity contribution is 7.83. The number of hydrogen-bond donors (Lipinski definition) is 1. The molecule has 0 spiro atoms. The molecule has 0 bridgehead atoms. The Labute approximate surface area is 154 Å². The highest BCUT2D eigenvalue weighted by Crippen LogP contribution is 2.29. The van der Waals surface area contributed by atoms with Crippen LogP contribution in [0.15, 0.2) is 36.4 Å². The second kappa shape index (κ2) is 8.42. The van der Waals surface area contributed by atoms with Gasteiger partial charge in [-0.1, -0.05) is 12.1 Å². The third-order valence-corrected chi connectivity index (χ3v) is 4.73. The van der Waals surface area contributed by atoms with Gasteiger partial charge in [0.25, 0.3) is 5.91 Å². The predicted octanol–water partition coefficient (Wildman–Crippen LogP) is 2.54. The van der Waals surface area contributed by atoms with Crippen LogP contribution in [0, 0.1) is 5.82 Å². The van der Waals surface area contributed by atoms with Crippen molar-refractivity contribution in [2.45, 2.75) is 18.8 Å². The Morgan fingerprint density at radius 3 is 2.96 bits per heavy atom. The fraction of sp³-hybridized carbons (Fsp3) is 0.316. The molecule has 138 valence electrons. The number of nitrogens with one attached hydrogen (secondary N) is 1. The molecule has 1 aliphatic heterocycles. The number of fused-ring (bicyclic) bond motifs is 1. The molecule has 3 rings (SSSR count). The summed E-state index contributed by atoms with van der Waals surface area (Å²) in [6, 6.07) is 9.89. The summed E-state index contributed by atoms with van der Waals surface area (Å²) in [4.78, 5) is 12.3. The Kier molecular flexibility index (Phi) is 6.00. The Morgan fingerprint density at radius 2 is 2.15 bits per heavy atom. The van der Waals surface area contributed by atoms with Crippen molar-refractivity contribution in [3.63, 3.8) is 0 Å². The molecule has 1 aliphatic rings. The first-order valence-electron chi connectivity index (χ1n) is 8.22. The monoisotopic (exact) mass is 377 g/mol. The van der Waals surface area contributed by atoms with Crippen LogP contribution in [0.5, 0.6) is 5.75 Å². The molecule has 7 heteroatoms. The first kappa shape index (κ1) is 18.5. The predicted molar refractivity (Wildman–Crippen MR) is 96.9 cm³/mol. The standard InChI is InChI=1S/C19H20FNO4S/c1-26(23)11-13-3-2-4-15(7-13)19(22)21-6-5-14-8-17(20)9-16-10-24-12-25-18(14)16/h2-4,7-9H,5-6,10-12H2,1H3,(H,21,22)/t26-/m0/s1. The number of benzene rings is 2. The van der Waals surface area contributed by atoms with Gasteiger partial charge in [-0.3, -0.25) is 9.00 Å². The van der Waals surface area contributed by atoms with E-state index in [9.17, 15) is 13.4 Å². The lowest BCUT2D eigenvalue weighted by atomic mass is 10.1. The quantitative estimate of drug-likeness (QED) is 0.840. The van der Waals surface area contributed by atoms with Gasteiger partial charge in [0, 0.05) is 40.5 Å². The SMILES string of the molecule is C[S@](=O)Cc1cccc(C(=O)NCCc2cc(F)cc3c2OCOC3)c1. The summed E-state index contributed by atoms with van der Waals surface area (Å²) in [6.07, 6.45) is 2.07. The molecule has 1 atom stereocenters. The maximum atomic E-state index is 13.7. The molecular formula is C19H20FNO4S. The number of carbonyl (C=O) groups excluding carboxylic acids is 1. The zero-order valence-corrected chi connectivity index (χ0v) is 15.2. The van der Waals surface area contributed by atoms with Crippen molar-refractivity contribution in [2.24, 2.45) is 0 Å². The summed E-state index contributed by atoms with van der Waals surface area (Å²) in [7, 11) is -0.963. The lowest BCUT2D eigenvalue weighted by Gasteiger charge is -2.21. The highest BCUT2D eigenvalue weighted by Gasteiger charge is 2.17. The van der Waals surface area contributed by atoms with Gasteiger partial charge in [-0.15, -0.1) is 0 Å². The number of ether oxygens (including phenoxy) is 2. The van der Waals surface area contributed by atoms with Gasteiger partial charge >= 0.3 is 0 Å². The van der Waals surface area contributed by atoms with E-state index in [-0.39, 0.29) is 18.5 Å². The smallest absolute Gasteiger partial charge is 0.251 e. The largest absolute Gasteiger partial charge is 0.467 e. The minimum absolute atomic E-state index is 0.142. The first-order valence-corrected chi connectivity index (χ1v) is 9.94. The third kappa shape index (κ3) is 4.68. The summed E-state index contributed by atoms with van der Waals surface area (Å²) >= 11 is 0. The molecule has 1 amide bonds. The molecular weight excluding hydrogens is 357 g/mol. The van der Waals surface area contributed by atoms with E-state index in [2.05, 4.69) is 5.32 Å². The zero-order chi connectivity index (χ0) is 18.5. The molecule has 1 N–H and O–H groups in total. The van der Waals surface area contributed by atoms with Gasteiger partial charge in [-0.05, 0) is 41.8 Å². The van der Waals surface area contributed by atoms with Crippen LogP contribution < -0.4 is 10.1 Å². The molecule has 0 aromatic heterocycles. The van der Waals surface area contributed by atoms with Crippen LogP contribution in [0.3, 0.4) is 0 Å². The molecule has 0 unspecified atom stereocenters. The number of amides is 1. The molecule has 0 aliphatic carbocycles. The Bertz CT molecular complexity index is 840. The minimum atomic E-state index is -0.963. The van der Waals surface area contributed by atoms with Gasteiger partial charge in [0.05, 0.1) is 6.61 Å². The molecule has 0 fully saturated rings. The van der Waals surface area contributed by atoms with Crippen LogP contribution in [0.2, 0.25) is 0 Å². The number of rotatable bonds is 6. The summed E-state index contributed by atoms with van der Waals surface area (Å²) in [5, 5.41) is 2.83. The van der Waals surface area contributed by atoms with E-state index in [0.29, 0.717) is 47.8 Å². The summed E-state index contributed by atoms with van der Waals surface area (Å²) in [5.41, 5.74) is 2.75. The number of halogens is 1. The first-order chi connectivity index (χ1) is 12.5. The van der Waals surface area contributed by atoms with E-state index in [0.717, 1.165) is 5.56 Å². The minimum Gasteiger partial charge on any atom is -0.467 e. The average molecular weight is 377 g/mol. The molecule has 0 saturated heterocycles. The Balaban J connectivity index is 1.62. The van der Waals surface area contributed by atoms with Gasteiger partial charge in [-0.25, -0.2) is 4.39 Å². The van der Waals surface area contributed by atoms with Gasteiger partial charge in [-0.2, -0.15) is 0 Å². The lowest BCUT2D eigenvalue weighted by Crippen LogP contribution is -2.26. The van der Waals surface area contributed by atoms with Crippen molar-refractivity contribution >= 4 is 16.7 Å². The van der Waals surface area contributed by atoms with Crippen molar-refractivity contribution in [2.75, 3.05) is 19.6 Å². The summed E-state index contributed by atoms with van der Waals surface area (Å²) in [6.45, 7) is 0.810. The maximum Gasteiger partial charge on any atom is 0.251 e. The lowest BCUT2D eigenvalue weighted by molar-refractivity contribution is -0.0172. The van der Waals surface area contributed by atoms with E-state index in [1.165, 1.54) is 12.1 Å². The van der Waals surface area contributed by atoms with Crippen molar-refractivity contribution in [3.8, 4) is 5.75 Å². The second-order valence-electron chi connectivity index (χ2n) is 6.09. The third-order valence-electron chi connectivity index (χ3n) is 3.99. The van der Waals surface area contributed by atoms with E-state index in [1.54, 1.807) is 24.5 Å². The van der Waals surface area contributed by atoms with E-state index in [4.69, 9.17) is 9.47 Å². The van der Waals surface area contributed by atoms with Gasteiger partial charge in [0.15, 0.2) is 6.79 Å². The molecule has 0 saturated carbocycles. The van der Waals surface area contributed by atoms with E-state index >= 15 is 0 Å². The van der Waals surface area contributed by atoms with Crippen LogP contribution in [-0.2, 0) is 34.3 Å². The van der Waals surface area contributed by atoms with Crippen molar-refractivity contribution in [1.29, 1.82) is 0 Å². The fourth-order valence-electron chi connectivity index (χ4n) is 2.89. The maximum absolute atomic E-state index is 13.7. The second-order valence-corrected chi connectivity index (χ2v) is 7.52. The molecule has 1 heterocycles. The van der Waals surface area contributed by atoms with Crippen molar-refractivity contribution in [1.82, 2.24) is 5.32 Å². The summed E-state index contributed by atoms with van der Waals surface area (Å²) in [5.74, 6) is 0.484. The van der Waals surface area contributed by atoms with Crippen LogP contribution in [0.4, 0.5) is 4.39 Å². The molecule has 2 aromatic carbocycles. The van der Waals surface area contributed by atoms with Gasteiger partial charge < -0.3 is 14.8 Å². The fourth-order valence-corrected chi connectivity index (χ4v) is 3.54. The van der Waals surface area contributed by atoms with E-state index < -0.39 is 10.8 Å². The average Bonchev–Trinajstić information content (AvgIpc) is 2.61. The summed E-state index contributed by atoms with van der Waals surface area (Å²) < 4.78 is 35.7. The van der Waals surface area contributed by atoms with Crippen molar-refractivity contribution < 1.29 is 22.9 Å². The Morgan fingerprint density at radius 1 is 1.31 bits per heavy atom. The van der Waals surface area contributed by atoms with Crippen LogP contribution in [-0.4, -0.2) is 29.7 Å². The van der Waals surface area contributed by atoms with Gasteiger partial charge in [0.1, 0.15) is 11.6 Å². The van der Waals surface area contributed by atoms with E-state index in [1.807, 2.05) is 6.07 Å². The van der Waals surface area contributed by atoms with Crippen LogP contribution >= 0.6 is 0 Å². The molecule has 0 radical (unpaired) electrons. The molecule has 2 aromatic rings. The molecule has 26 heavy (non-hydrogen) atoms. The highest BCUT2D eigenvalue weighted by atomic mass is 32.2.